The van der Waals surface area contributed by atoms with E-state index >= 15 is 0 Å². The van der Waals surface area contributed by atoms with Gasteiger partial charge in [-0.05, 0) is 36.5 Å². The van der Waals surface area contributed by atoms with E-state index in [0.29, 0.717) is 31.6 Å². The number of halogens is 1. The molecule has 1 saturated carbocycles. The van der Waals surface area contributed by atoms with Crippen molar-refractivity contribution in [3.8, 4) is 11.6 Å². The van der Waals surface area contributed by atoms with Gasteiger partial charge in [-0.25, -0.2) is 4.98 Å². The van der Waals surface area contributed by atoms with Crippen LogP contribution in [0.1, 0.15) is 24.8 Å². The molecule has 0 unspecified atom stereocenters. The highest BCUT2D eigenvalue weighted by Gasteiger charge is 2.22. The van der Waals surface area contributed by atoms with Crippen LogP contribution in [-0.2, 0) is 11.3 Å². The molecule has 1 fully saturated rings. The van der Waals surface area contributed by atoms with Crippen molar-refractivity contribution in [1.82, 2.24) is 10.3 Å². The molecule has 164 valence electrons. The van der Waals surface area contributed by atoms with E-state index < -0.39 is 0 Å². The summed E-state index contributed by atoms with van der Waals surface area (Å²) in [7, 11) is 3.43. The Kier molecular flexibility index (Phi) is 10.7. The molecule has 0 amide bonds. The number of pyridine rings is 1. The Balaban J connectivity index is 0.00000320. The van der Waals surface area contributed by atoms with E-state index in [1.807, 2.05) is 42.6 Å². The number of aliphatic imine (C=N–C) groups is 1. The van der Waals surface area contributed by atoms with E-state index in [-0.39, 0.29) is 24.0 Å². The van der Waals surface area contributed by atoms with Crippen molar-refractivity contribution in [1.29, 1.82) is 0 Å². The minimum atomic E-state index is 0. The number of benzene rings is 1. The van der Waals surface area contributed by atoms with E-state index in [1.165, 1.54) is 12.8 Å². The number of anilines is 1. The van der Waals surface area contributed by atoms with Gasteiger partial charge in [0.1, 0.15) is 5.75 Å². The maximum atomic E-state index is 5.74. The normalized spacial score (nSPS) is 13.3. The maximum Gasteiger partial charge on any atom is 0.213 e. The van der Waals surface area contributed by atoms with Crippen molar-refractivity contribution in [2.75, 3.05) is 39.3 Å². The summed E-state index contributed by atoms with van der Waals surface area (Å²) in [4.78, 5) is 8.65. The summed E-state index contributed by atoms with van der Waals surface area (Å²) in [5.74, 6) is 2.90. The van der Waals surface area contributed by atoms with Crippen molar-refractivity contribution in [2.45, 2.75) is 25.8 Å². The van der Waals surface area contributed by atoms with Crippen molar-refractivity contribution >= 4 is 35.6 Å². The molecule has 0 spiro atoms. The Morgan fingerprint density at radius 2 is 2.03 bits per heavy atom. The zero-order valence-corrected chi connectivity index (χ0v) is 19.9. The van der Waals surface area contributed by atoms with E-state index in [1.54, 1.807) is 14.2 Å². The monoisotopic (exact) mass is 526 g/mol. The van der Waals surface area contributed by atoms with Crippen molar-refractivity contribution < 1.29 is 14.2 Å². The fourth-order valence-corrected chi connectivity index (χ4v) is 2.65. The highest BCUT2D eigenvalue weighted by Crippen LogP contribution is 2.29. The highest BCUT2D eigenvalue weighted by atomic mass is 127. The van der Waals surface area contributed by atoms with Gasteiger partial charge in [0.25, 0.3) is 0 Å². The molecule has 0 bridgehead atoms. The molecule has 1 aromatic heterocycles. The average molecular weight is 526 g/mol. The van der Waals surface area contributed by atoms with Crippen LogP contribution in [0.3, 0.4) is 0 Å². The van der Waals surface area contributed by atoms with Crippen LogP contribution >= 0.6 is 24.0 Å². The molecule has 3 rings (SSSR count). The van der Waals surface area contributed by atoms with Gasteiger partial charge >= 0.3 is 0 Å². The van der Waals surface area contributed by atoms with Gasteiger partial charge in [0.05, 0.1) is 13.2 Å². The third-order valence-corrected chi connectivity index (χ3v) is 4.50. The van der Waals surface area contributed by atoms with Gasteiger partial charge in [-0.3, -0.25) is 4.99 Å². The van der Waals surface area contributed by atoms with E-state index in [9.17, 15) is 0 Å². The van der Waals surface area contributed by atoms with Crippen LogP contribution < -0.4 is 20.1 Å². The van der Waals surface area contributed by atoms with Crippen LogP contribution in [0.25, 0.3) is 0 Å². The smallest absolute Gasteiger partial charge is 0.213 e. The molecular weight excluding hydrogens is 495 g/mol. The van der Waals surface area contributed by atoms with Crippen LogP contribution in [0.2, 0.25) is 0 Å². The second kappa shape index (κ2) is 13.3. The number of methoxy groups -OCH3 is 1. The first kappa shape index (κ1) is 24.2. The topological polar surface area (TPSA) is 77.0 Å². The second-order valence-corrected chi connectivity index (χ2v) is 7.03. The van der Waals surface area contributed by atoms with Gasteiger partial charge in [0, 0.05) is 57.7 Å². The molecule has 2 aromatic rings. The number of hydrogen-bond acceptors (Lipinski definition) is 5. The molecule has 8 heteroatoms. The number of nitrogens with zero attached hydrogens (tertiary/aromatic N) is 2. The molecule has 7 nitrogen and oxygen atoms in total. The fraction of sp³-hybridized carbons (Fsp3) is 0.455. The lowest BCUT2D eigenvalue weighted by Crippen LogP contribution is -2.30. The van der Waals surface area contributed by atoms with Crippen LogP contribution in [0.4, 0.5) is 5.69 Å². The zero-order valence-electron chi connectivity index (χ0n) is 17.6. The third kappa shape index (κ3) is 8.74. The van der Waals surface area contributed by atoms with E-state index in [0.717, 1.165) is 35.9 Å². The Morgan fingerprint density at radius 1 is 1.17 bits per heavy atom. The van der Waals surface area contributed by atoms with Crippen molar-refractivity contribution in [3.63, 3.8) is 0 Å². The van der Waals surface area contributed by atoms with Crippen molar-refractivity contribution in [3.05, 3.63) is 48.2 Å². The highest BCUT2D eigenvalue weighted by molar-refractivity contribution is 14.0. The standard InChI is InChI=1S/C22H30N4O3.HI/c1-23-22(26-19-5-3-6-20(13-19)28-12-4-11-27-2)25-15-18-9-10-21(24-14-18)29-16-17-7-8-17;/h3,5-6,9-10,13-14,17H,4,7-8,11-12,15-16H2,1-2H3,(H2,23,25,26);1H. The largest absolute Gasteiger partial charge is 0.493 e. The maximum absolute atomic E-state index is 5.74. The predicted octanol–water partition coefficient (Wildman–Crippen LogP) is 4.09. The Morgan fingerprint density at radius 3 is 2.73 bits per heavy atom. The summed E-state index contributed by atoms with van der Waals surface area (Å²) in [5, 5.41) is 6.58. The summed E-state index contributed by atoms with van der Waals surface area (Å²) in [6, 6.07) is 11.7. The number of nitrogens with one attached hydrogen (secondary N) is 2. The van der Waals surface area contributed by atoms with Crippen LogP contribution in [0, 0.1) is 5.92 Å². The Hall–Kier alpha value is -2.07. The Bertz CT molecular complexity index is 782. The summed E-state index contributed by atoms with van der Waals surface area (Å²) in [6.45, 7) is 2.70. The first-order chi connectivity index (χ1) is 14.3. The molecule has 0 saturated heterocycles. The fourth-order valence-electron chi connectivity index (χ4n) is 2.65. The zero-order chi connectivity index (χ0) is 20.3. The second-order valence-electron chi connectivity index (χ2n) is 7.03. The molecule has 0 aliphatic heterocycles. The lowest BCUT2D eigenvalue weighted by atomic mass is 10.3. The lowest BCUT2D eigenvalue weighted by molar-refractivity contribution is 0.172. The quantitative estimate of drug-likeness (QED) is 0.199. The molecule has 30 heavy (non-hydrogen) atoms. The minimum Gasteiger partial charge on any atom is -0.493 e. The molecule has 0 radical (unpaired) electrons. The molecule has 2 N–H and O–H groups in total. The van der Waals surface area contributed by atoms with Crippen LogP contribution in [-0.4, -0.2) is 44.9 Å². The number of hydrogen-bond donors (Lipinski definition) is 2. The molecule has 1 heterocycles. The van der Waals surface area contributed by atoms with Gasteiger partial charge in [-0.15, -0.1) is 24.0 Å². The summed E-state index contributed by atoms with van der Waals surface area (Å²) < 4.78 is 16.5. The molecule has 1 aromatic carbocycles. The number of rotatable bonds is 11. The summed E-state index contributed by atoms with van der Waals surface area (Å²) in [5.41, 5.74) is 1.96. The van der Waals surface area contributed by atoms with Gasteiger partial charge in [0.2, 0.25) is 5.88 Å². The molecule has 0 atom stereocenters. The van der Waals surface area contributed by atoms with Gasteiger partial charge in [-0.1, -0.05) is 12.1 Å². The van der Waals surface area contributed by atoms with Crippen molar-refractivity contribution in [2.24, 2.45) is 10.9 Å². The number of aromatic nitrogens is 1. The van der Waals surface area contributed by atoms with E-state index in [4.69, 9.17) is 14.2 Å². The summed E-state index contributed by atoms with van der Waals surface area (Å²) >= 11 is 0. The van der Waals surface area contributed by atoms with Crippen LogP contribution in [0.15, 0.2) is 47.6 Å². The average Bonchev–Trinajstić information content (AvgIpc) is 3.58. The number of ether oxygens (including phenoxy) is 3. The van der Waals surface area contributed by atoms with Crippen LogP contribution in [0.5, 0.6) is 11.6 Å². The van der Waals surface area contributed by atoms with E-state index in [2.05, 4.69) is 20.6 Å². The summed E-state index contributed by atoms with van der Waals surface area (Å²) in [6.07, 6.45) is 5.24. The number of guanidine groups is 1. The molecule has 1 aliphatic carbocycles. The lowest BCUT2D eigenvalue weighted by Gasteiger charge is -2.13. The predicted molar refractivity (Wildman–Crippen MR) is 130 cm³/mol. The molecular formula is C22H31IN4O3. The minimum absolute atomic E-state index is 0. The van der Waals surface area contributed by atoms with Gasteiger partial charge in [0.15, 0.2) is 5.96 Å². The molecule has 1 aliphatic rings. The van der Waals surface area contributed by atoms with Gasteiger partial charge in [-0.2, -0.15) is 0 Å². The Labute approximate surface area is 195 Å². The first-order valence-electron chi connectivity index (χ1n) is 10.0. The van der Waals surface area contributed by atoms with Gasteiger partial charge < -0.3 is 24.8 Å². The first-order valence-corrected chi connectivity index (χ1v) is 10.0. The third-order valence-electron chi connectivity index (χ3n) is 4.50. The SMILES string of the molecule is CN=C(NCc1ccc(OCC2CC2)nc1)Nc1cccc(OCCCOC)c1.I.